The summed E-state index contributed by atoms with van der Waals surface area (Å²) in [6, 6.07) is 13.9. The molecule has 1 aliphatic rings. The van der Waals surface area contributed by atoms with Crippen LogP contribution >= 0.6 is 0 Å². The molecule has 6 nitrogen and oxygen atoms in total. The van der Waals surface area contributed by atoms with Crippen LogP contribution in [0.25, 0.3) is 0 Å². The zero-order valence-electron chi connectivity index (χ0n) is 16.1. The number of hydrogen-bond acceptors (Lipinski definition) is 4. The molecule has 1 saturated heterocycles. The van der Waals surface area contributed by atoms with Crippen LogP contribution in [0.4, 0.5) is 5.69 Å². The quantitative estimate of drug-likeness (QED) is 0.731. The van der Waals surface area contributed by atoms with Crippen LogP contribution in [0, 0.1) is 0 Å². The minimum absolute atomic E-state index is 0.0936. The molecule has 0 spiro atoms. The van der Waals surface area contributed by atoms with Crippen LogP contribution in [-0.2, 0) is 4.74 Å². The molecule has 1 fully saturated rings. The number of anilines is 1. The Hall–Kier alpha value is -2.86. The fourth-order valence-corrected chi connectivity index (χ4v) is 2.98. The molecule has 0 aliphatic carbocycles. The Morgan fingerprint density at radius 1 is 1.11 bits per heavy atom. The van der Waals surface area contributed by atoms with E-state index >= 15 is 0 Å². The normalized spacial score (nSPS) is 15.8. The summed E-state index contributed by atoms with van der Waals surface area (Å²) in [5, 5.41) is 5.71. The molecular formula is C22H26N2O4. The summed E-state index contributed by atoms with van der Waals surface area (Å²) in [7, 11) is 0. The summed E-state index contributed by atoms with van der Waals surface area (Å²) < 4.78 is 11.0. The number of carbonyl (C=O) groups is 2. The molecule has 2 amide bonds. The van der Waals surface area contributed by atoms with Crippen molar-refractivity contribution in [2.45, 2.75) is 32.3 Å². The van der Waals surface area contributed by atoms with E-state index in [0.717, 1.165) is 31.6 Å². The van der Waals surface area contributed by atoms with Gasteiger partial charge in [0.05, 0.1) is 12.7 Å². The lowest BCUT2D eigenvalue weighted by atomic mass is 10.1. The van der Waals surface area contributed by atoms with E-state index in [-0.39, 0.29) is 17.9 Å². The van der Waals surface area contributed by atoms with Gasteiger partial charge in [0.1, 0.15) is 5.75 Å². The van der Waals surface area contributed by atoms with Crippen molar-refractivity contribution in [1.82, 2.24) is 5.32 Å². The number of benzene rings is 2. The van der Waals surface area contributed by atoms with E-state index in [4.69, 9.17) is 9.47 Å². The summed E-state index contributed by atoms with van der Waals surface area (Å²) in [5.41, 5.74) is 1.59. The Morgan fingerprint density at radius 2 is 1.93 bits per heavy atom. The highest BCUT2D eigenvalue weighted by atomic mass is 16.5. The first kappa shape index (κ1) is 19.9. The first-order valence-corrected chi connectivity index (χ1v) is 9.70. The van der Waals surface area contributed by atoms with Gasteiger partial charge in [-0.1, -0.05) is 13.0 Å². The lowest BCUT2D eigenvalue weighted by molar-refractivity contribution is 0.0857. The Kier molecular flexibility index (Phi) is 7.03. The second kappa shape index (κ2) is 9.90. The predicted molar refractivity (Wildman–Crippen MR) is 108 cm³/mol. The third kappa shape index (κ3) is 5.57. The van der Waals surface area contributed by atoms with Gasteiger partial charge in [-0.05, 0) is 61.7 Å². The van der Waals surface area contributed by atoms with E-state index in [2.05, 4.69) is 10.6 Å². The number of rotatable bonds is 8. The Bertz CT molecular complexity index is 798. The number of amides is 2. The molecule has 2 aromatic carbocycles. The average Bonchev–Trinajstić information content (AvgIpc) is 3.24. The Morgan fingerprint density at radius 3 is 2.64 bits per heavy atom. The molecule has 1 aliphatic heterocycles. The summed E-state index contributed by atoms with van der Waals surface area (Å²) in [5.74, 6) is 0.325. The lowest BCUT2D eigenvalue weighted by Crippen LogP contribution is -2.31. The molecule has 148 valence electrons. The third-order valence-corrected chi connectivity index (χ3v) is 4.49. The summed E-state index contributed by atoms with van der Waals surface area (Å²) in [6.07, 6.45) is 3.03. The van der Waals surface area contributed by atoms with Crippen molar-refractivity contribution in [2.75, 3.05) is 25.1 Å². The monoisotopic (exact) mass is 382 g/mol. The largest absolute Gasteiger partial charge is 0.494 e. The van der Waals surface area contributed by atoms with Gasteiger partial charge in [0, 0.05) is 30.0 Å². The average molecular weight is 382 g/mol. The van der Waals surface area contributed by atoms with Crippen LogP contribution in [0.2, 0.25) is 0 Å². The van der Waals surface area contributed by atoms with E-state index < -0.39 is 0 Å². The van der Waals surface area contributed by atoms with Crippen molar-refractivity contribution in [2.24, 2.45) is 0 Å². The van der Waals surface area contributed by atoms with Gasteiger partial charge in [0.2, 0.25) is 0 Å². The number of carbonyl (C=O) groups excluding carboxylic acids is 2. The minimum atomic E-state index is -0.237. The molecule has 6 heteroatoms. The van der Waals surface area contributed by atoms with Crippen molar-refractivity contribution < 1.29 is 19.1 Å². The summed E-state index contributed by atoms with van der Waals surface area (Å²) >= 11 is 0. The minimum Gasteiger partial charge on any atom is -0.494 e. The molecule has 1 unspecified atom stereocenters. The van der Waals surface area contributed by atoms with Crippen LogP contribution < -0.4 is 15.4 Å². The molecule has 3 rings (SSSR count). The first-order valence-electron chi connectivity index (χ1n) is 9.70. The van der Waals surface area contributed by atoms with Crippen molar-refractivity contribution in [3.8, 4) is 5.75 Å². The van der Waals surface area contributed by atoms with Crippen LogP contribution in [0.5, 0.6) is 5.75 Å². The van der Waals surface area contributed by atoms with Crippen molar-refractivity contribution in [3.63, 3.8) is 0 Å². The summed E-state index contributed by atoms with van der Waals surface area (Å²) in [4.78, 5) is 24.8. The van der Waals surface area contributed by atoms with Gasteiger partial charge in [-0.3, -0.25) is 9.59 Å². The molecule has 1 atom stereocenters. The molecular weight excluding hydrogens is 356 g/mol. The standard InChI is InChI=1S/C22H26N2O4/c1-2-12-27-19-10-8-16(9-11-19)22(26)24-18-6-3-5-17(14-18)21(25)23-15-20-7-4-13-28-20/h3,5-6,8-11,14,20H,2,4,7,12-13,15H2,1H3,(H,23,25)(H,24,26). The maximum absolute atomic E-state index is 12.5. The maximum atomic E-state index is 12.5. The van der Waals surface area contributed by atoms with Gasteiger partial charge in [-0.25, -0.2) is 0 Å². The molecule has 2 N–H and O–H groups in total. The second-order valence-corrected chi connectivity index (χ2v) is 6.75. The predicted octanol–water partition coefficient (Wildman–Crippen LogP) is 3.64. The molecule has 0 saturated carbocycles. The zero-order valence-corrected chi connectivity index (χ0v) is 16.1. The fraction of sp³-hybridized carbons (Fsp3) is 0.364. The van der Waals surface area contributed by atoms with E-state index in [1.54, 1.807) is 48.5 Å². The molecule has 0 aromatic heterocycles. The van der Waals surface area contributed by atoms with Crippen LogP contribution in [0.15, 0.2) is 48.5 Å². The number of ether oxygens (including phenoxy) is 2. The fourth-order valence-electron chi connectivity index (χ4n) is 2.98. The molecule has 0 radical (unpaired) electrons. The van der Waals surface area contributed by atoms with Crippen LogP contribution in [0.1, 0.15) is 46.9 Å². The van der Waals surface area contributed by atoms with Crippen molar-refractivity contribution >= 4 is 17.5 Å². The van der Waals surface area contributed by atoms with Gasteiger partial charge >= 0.3 is 0 Å². The highest BCUT2D eigenvalue weighted by Crippen LogP contribution is 2.16. The summed E-state index contributed by atoms with van der Waals surface area (Å²) in [6.45, 7) is 3.95. The van der Waals surface area contributed by atoms with E-state index in [9.17, 15) is 9.59 Å². The van der Waals surface area contributed by atoms with E-state index in [1.165, 1.54) is 0 Å². The highest BCUT2D eigenvalue weighted by molar-refractivity contribution is 6.05. The lowest BCUT2D eigenvalue weighted by Gasteiger charge is -2.12. The van der Waals surface area contributed by atoms with Gasteiger partial charge in [0.15, 0.2) is 0 Å². The SMILES string of the molecule is CCCOc1ccc(C(=O)Nc2cccc(C(=O)NCC3CCCO3)c2)cc1. The van der Waals surface area contributed by atoms with E-state index in [0.29, 0.717) is 30.0 Å². The molecule has 0 bridgehead atoms. The van der Waals surface area contributed by atoms with E-state index in [1.807, 2.05) is 6.92 Å². The van der Waals surface area contributed by atoms with Crippen molar-refractivity contribution in [1.29, 1.82) is 0 Å². The van der Waals surface area contributed by atoms with Crippen LogP contribution in [-0.4, -0.2) is 37.7 Å². The Labute approximate surface area is 165 Å². The Balaban J connectivity index is 1.57. The second-order valence-electron chi connectivity index (χ2n) is 6.75. The first-order chi connectivity index (χ1) is 13.7. The van der Waals surface area contributed by atoms with Gasteiger partial charge in [-0.2, -0.15) is 0 Å². The van der Waals surface area contributed by atoms with Crippen LogP contribution in [0.3, 0.4) is 0 Å². The van der Waals surface area contributed by atoms with Gasteiger partial charge in [-0.15, -0.1) is 0 Å². The third-order valence-electron chi connectivity index (χ3n) is 4.49. The van der Waals surface area contributed by atoms with Gasteiger partial charge in [0.25, 0.3) is 11.8 Å². The number of hydrogen-bond donors (Lipinski definition) is 2. The molecule has 28 heavy (non-hydrogen) atoms. The van der Waals surface area contributed by atoms with Crippen molar-refractivity contribution in [3.05, 3.63) is 59.7 Å². The smallest absolute Gasteiger partial charge is 0.255 e. The molecule has 2 aromatic rings. The topological polar surface area (TPSA) is 76.7 Å². The highest BCUT2D eigenvalue weighted by Gasteiger charge is 2.17. The maximum Gasteiger partial charge on any atom is 0.255 e. The number of nitrogens with one attached hydrogen (secondary N) is 2. The van der Waals surface area contributed by atoms with Gasteiger partial charge < -0.3 is 20.1 Å². The zero-order chi connectivity index (χ0) is 19.8. The molecule has 1 heterocycles.